The van der Waals surface area contributed by atoms with Crippen LogP contribution in [-0.2, 0) is 0 Å². The minimum Gasteiger partial charge on any atom is -0.392 e. The quantitative estimate of drug-likeness (QED) is 0.684. The van der Waals surface area contributed by atoms with Crippen LogP contribution in [0.1, 0.15) is 52.9 Å². The van der Waals surface area contributed by atoms with Crippen molar-refractivity contribution in [1.29, 1.82) is 0 Å². The molecule has 2 nitrogen and oxygen atoms in total. The largest absolute Gasteiger partial charge is 0.392 e. The van der Waals surface area contributed by atoms with Gasteiger partial charge in [-0.1, -0.05) is 33.1 Å². The highest BCUT2D eigenvalue weighted by Crippen LogP contribution is 2.19. The molecule has 84 valence electrons. The maximum atomic E-state index is 9.92. The standard InChI is InChI=1S/C12H25NO/c1-9(2)10(3)13-11-7-5-4-6-8-12(11)14/h9-14H,4-8H2,1-3H3/t10?,11-,12-/m1/s1. The third-order valence-electron chi connectivity index (χ3n) is 3.46. The van der Waals surface area contributed by atoms with Gasteiger partial charge in [-0.15, -0.1) is 0 Å². The lowest BCUT2D eigenvalue weighted by Crippen LogP contribution is -2.45. The smallest absolute Gasteiger partial charge is 0.0693 e. The van der Waals surface area contributed by atoms with E-state index < -0.39 is 0 Å². The Hall–Kier alpha value is -0.0800. The summed E-state index contributed by atoms with van der Waals surface area (Å²) in [5, 5.41) is 13.5. The summed E-state index contributed by atoms with van der Waals surface area (Å²) in [6, 6.07) is 0.836. The summed E-state index contributed by atoms with van der Waals surface area (Å²) in [6.07, 6.45) is 5.72. The fourth-order valence-electron chi connectivity index (χ4n) is 2.01. The van der Waals surface area contributed by atoms with Crippen molar-refractivity contribution in [3.05, 3.63) is 0 Å². The topological polar surface area (TPSA) is 32.3 Å². The van der Waals surface area contributed by atoms with E-state index >= 15 is 0 Å². The molecule has 0 saturated heterocycles. The third-order valence-corrected chi connectivity index (χ3v) is 3.46. The summed E-state index contributed by atoms with van der Waals surface area (Å²) in [4.78, 5) is 0. The van der Waals surface area contributed by atoms with E-state index in [1.54, 1.807) is 0 Å². The predicted molar refractivity (Wildman–Crippen MR) is 60.3 cm³/mol. The molecule has 1 rings (SSSR count). The van der Waals surface area contributed by atoms with Crippen LogP contribution in [0.5, 0.6) is 0 Å². The molecule has 2 N–H and O–H groups in total. The van der Waals surface area contributed by atoms with Gasteiger partial charge >= 0.3 is 0 Å². The zero-order chi connectivity index (χ0) is 10.6. The Kier molecular flexibility index (Phi) is 4.90. The molecule has 1 saturated carbocycles. The SMILES string of the molecule is CC(C)C(C)N[C@@H]1CCCCC[C@H]1O. The van der Waals surface area contributed by atoms with Crippen LogP contribution < -0.4 is 5.32 Å². The second-order valence-corrected chi connectivity index (χ2v) is 5.01. The maximum absolute atomic E-state index is 9.92. The summed E-state index contributed by atoms with van der Waals surface area (Å²) < 4.78 is 0. The first-order chi connectivity index (χ1) is 6.61. The number of aliphatic hydroxyl groups excluding tert-OH is 1. The van der Waals surface area contributed by atoms with Gasteiger partial charge in [0.2, 0.25) is 0 Å². The maximum Gasteiger partial charge on any atom is 0.0693 e. The highest BCUT2D eigenvalue weighted by atomic mass is 16.3. The van der Waals surface area contributed by atoms with Crippen molar-refractivity contribution < 1.29 is 5.11 Å². The number of rotatable bonds is 3. The summed E-state index contributed by atoms with van der Waals surface area (Å²) in [7, 11) is 0. The summed E-state index contributed by atoms with van der Waals surface area (Å²) in [5.74, 6) is 0.644. The molecule has 0 aromatic heterocycles. The molecular weight excluding hydrogens is 174 g/mol. The van der Waals surface area contributed by atoms with Crippen molar-refractivity contribution in [2.24, 2.45) is 5.92 Å². The zero-order valence-corrected chi connectivity index (χ0v) is 9.79. The lowest BCUT2D eigenvalue weighted by atomic mass is 10.0. The van der Waals surface area contributed by atoms with Gasteiger partial charge in [-0.3, -0.25) is 0 Å². The van der Waals surface area contributed by atoms with E-state index in [9.17, 15) is 5.11 Å². The van der Waals surface area contributed by atoms with Crippen LogP contribution in [0.2, 0.25) is 0 Å². The Balaban J connectivity index is 2.40. The van der Waals surface area contributed by atoms with Crippen LogP contribution in [0.3, 0.4) is 0 Å². The summed E-state index contributed by atoms with van der Waals surface area (Å²) in [5.41, 5.74) is 0. The second kappa shape index (κ2) is 5.72. The fraction of sp³-hybridized carbons (Fsp3) is 1.00. The molecule has 0 bridgehead atoms. The van der Waals surface area contributed by atoms with Gasteiger partial charge in [-0.25, -0.2) is 0 Å². The van der Waals surface area contributed by atoms with E-state index in [1.165, 1.54) is 19.3 Å². The molecule has 3 atom stereocenters. The normalized spacial score (nSPS) is 31.5. The third kappa shape index (κ3) is 3.58. The van der Waals surface area contributed by atoms with Crippen LogP contribution in [0.25, 0.3) is 0 Å². The van der Waals surface area contributed by atoms with Gasteiger partial charge in [0.1, 0.15) is 0 Å². The molecule has 0 aromatic carbocycles. The van der Waals surface area contributed by atoms with Crippen LogP contribution >= 0.6 is 0 Å². The first-order valence-corrected chi connectivity index (χ1v) is 6.05. The van der Waals surface area contributed by atoms with Crippen molar-refractivity contribution in [1.82, 2.24) is 5.32 Å². The van der Waals surface area contributed by atoms with Crippen molar-refractivity contribution in [3.8, 4) is 0 Å². The van der Waals surface area contributed by atoms with E-state index in [0.29, 0.717) is 18.0 Å². The predicted octanol–water partition coefficient (Wildman–Crippen LogP) is 2.31. The van der Waals surface area contributed by atoms with Crippen LogP contribution in [-0.4, -0.2) is 23.3 Å². The molecule has 0 heterocycles. The minimum absolute atomic E-state index is 0.126. The number of hydrogen-bond acceptors (Lipinski definition) is 2. The van der Waals surface area contributed by atoms with Gasteiger partial charge in [0.25, 0.3) is 0 Å². The molecule has 1 unspecified atom stereocenters. The fourth-order valence-corrected chi connectivity index (χ4v) is 2.01. The molecule has 2 heteroatoms. The lowest BCUT2D eigenvalue weighted by Gasteiger charge is -2.27. The summed E-state index contributed by atoms with van der Waals surface area (Å²) >= 11 is 0. The second-order valence-electron chi connectivity index (χ2n) is 5.01. The van der Waals surface area contributed by atoms with Crippen LogP contribution in [0.15, 0.2) is 0 Å². The van der Waals surface area contributed by atoms with Crippen molar-refractivity contribution in [2.45, 2.75) is 71.1 Å². The van der Waals surface area contributed by atoms with Crippen LogP contribution in [0, 0.1) is 5.92 Å². The van der Waals surface area contributed by atoms with Gasteiger partial charge in [-0.05, 0) is 25.7 Å². The highest BCUT2D eigenvalue weighted by molar-refractivity contribution is 4.81. The molecular formula is C12H25NO. The zero-order valence-electron chi connectivity index (χ0n) is 9.79. The Morgan fingerprint density at radius 2 is 1.71 bits per heavy atom. The molecule has 0 radical (unpaired) electrons. The van der Waals surface area contributed by atoms with Gasteiger partial charge < -0.3 is 10.4 Å². The highest BCUT2D eigenvalue weighted by Gasteiger charge is 2.23. The van der Waals surface area contributed by atoms with Gasteiger partial charge in [0, 0.05) is 12.1 Å². The molecule has 1 aliphatic rings. The van der Waals surface area contributed by atoms with Crippen molar-refractivity contribution in [3.63, 3.8) is 0 Å². The molecule has 0 spiro atoms. The first-order valence-electron chi connectivity index (χ1n) is 6.05. The Morgan fingerprint density at radius 1 is 1.07 bits per heavy atom. The number of nitrogens with one attached hydrogen (secondary N) is 1. The Labute approximate surface area is 88.1 Å². The van der Waals surface area contributed by atoms with E-state index in [1.807, 2.05) is 0 Å². The molecule has 14 heavy (non-hydrogen) atoms. The van der Waals surface area contributed by atoms with Crippen molar-refractivity contribution >= 4 is 0 Å². The first kappa shape index (κ1) is 12.0. The van der Waals surface area contributed by atoms with Gasteiger partial charge in [-0.2, -0.15) is 0 Å². The lowest BCUT2D eigenvalue weighted by molar-refractivity contribution is 0.111. The summed E-state index contributed by atoms with van der Waals surface area (Å²) in [6.45, 7) is 6.66. The molecule has 0 amide bonds. The van der Waals surface area contributed by atoms with E-state index in [2.05, 4.69) is 26.1 Å². The Morgan fingerprint density at radius 3 is 2.36 bits per heavy atom. The van der Waals surface area contributed by atoms with Gasteiger partial charge in [0.15, 0.2) is 0 Å². The van der Waals surface area contributed by atoms with Crippen molar-refractivity contribution in [2.75, 3.05) is 0 Å². The number of aliphatic hydroxyl groups is 1. The molecule has 1 aliphatic carbocycles. The van der Waals surface area contributed by atoms with E-state index in [0.717, 1.165) is 12.8 Å². The number of hydrogen-bond donors (Lipinski definition) is 2. The van der Waals surface area contributed by atoms with E-state index in [-0.39, 0.29) is 6.10 Å². The molecule has 1 fully saturated rings. The average molecular weight is 199 g/mol. The minimum atomic E-state index is -0.126. The average Bonchev–Trinajstić information content (AvgIpc) is 2.32. The Bertz CT molecular complexity index is 158. The van der Waals surface area contributed by atoms with Gasteiger partial charge in [0.05, 0.1) is 6.10 Å². The monoisotopic (exact) mass is 199 g/mol. The molecule has 0 aliphatic heterocycles. The van der Waals surface area contributed by atoms with E-state index in [4.69, 9.17) is 0 Å². The molecule has 0 aromatic rings. The van der Waals surface area contributed by atoms with Crippen LogP contribution in [0.4, 0.5) is 0 Å².